The van der Waals surface area contributed by atoms with Crippen molar-refractivity contribution in [3.8, 4) is 17.6 Å². The van der Waals surface area contributed by atoms with Crippen molar-refractivity contribution in [1.29, 1.82) is 0 Å². The maximum Gasteiger partial charge on any atom is 0.271 e. The average Bonchev–Trinajstić information content (AvgIpc) is 3.08. The van der Waals surface area contributed by atoms with Crippen LogP contribution in [0.15, 0.2) is 30.3 Å². The van der Waals surface area contributed by atoms with Gasteiger partial charge in [-0.15, -0.1) is 0 Å². The Bertz CT molecular complexity index is 841. The van der Waals surface area contributed by atoms with Gasteiger partial charge in [0, 0.05) is 26.2 Å². The van der Waals surface area contributed by atoms with Gasteiger partial charge in [-0.3, -0.25) is 9.48 Å². The van der Waals surface area contributed by atoms with Gasteiger partial charge < -0.3 is 15.0 Å². The summed E-state index contributed by atoms with van der Waals surface area (Å²) in [6.45, 7) is 3.78. The van der Waals surface area contributed by atoms with Gasteiger partial charge in [0.15, 0.2) is 5.69 Å². The lowest BCUT2D eigenvalue weighted by atomic mass is 10.1. The van der Waals surface area contributed by atoms with Crippen molar-refractivity contribution in [3.63, 3.8) is 0 Å². The summed E-state index contributed by atoms with van der Waals surface area (Å²) in [5.74, 6) is 6.72. The molecule has 3 rings (SSSR count). The molecule has 1 aromatic carbocycles. The molecule has 1 saturated heterocycles. The summed E-state index contributed by atoms with van der Waals surface area (Å²) in [5.41, 5.74) is 1.87. The summed E-state index contributed by atoms with van der Waals surface area (Å²) in [4.78, 5) is 14.7. The Kier molecular flexibility index (Phi) is 6.50. The van der Waals surface area contributed by atoms with Crippen molar-refractivity contribution in [2.24, 2.45) is 7.05 Å². The van der Waals surface area contributed by atoms with E-state index in [4.69, 9.17) is 4.74 Å². The summed E-state index contributed by atoms with van der Waals surface area (Å²) in [7, 11) is 3.41. The van der Waals surface area contributed by atoms with Crippen LogP contribution in [-0.2, 0) is 7.05 Å². The van der Waals surface area contributed by atoms with Crippen molar-refractivity contribution in [2.75, 3.05) is 33.3 Å². The minimum Gasteiger partial charge on any atom is -0.495 e. The van der Waals surface area contributed by atoms with Gasteiger partial charge in [0.2, 0.25) is 0 Å². The Hall–Kier alpha value is -2.78. The molecule has 6 heteroatoms. The first-order chi connectivity index (χ1) is 13.2. The molecule has 1 aliphatic heterocycles. The minimum atomic E-state index is -0.159. The van der Waals surface area contributed by atoms with Crippen LogP contribution in [0.3, 0.4) is 0 Å². The third-order valence-electron chi connectivity index (χ3n) is 4.71. The number of benzene rings is 1. The molecule has 142 valence electrons. The first-order valence-corrected chi connectivity index (χ1v) is 9.37. The van der Waals surface area contributed by atoms with E-state index < -0.39 is 0 Å². The number of amides is 1. The number of para-hydroxylation sites is 1. The number of nitrogens with zero attached hydrogens (tertiary/aromatic N) is 3. The van der Waals surface area contributed by atoms with Gasteiger partial charge in [-0.25, -0.2) is 0 Å². The highest BCUT2D eigenvalue weighted by molar-refractivity contribution is 5.92. The second-order valence-electron chi connectivity index (χ2n) is 6.65. The number of methoxy groups -OCH3 is 1. The zero-order chi connectivity index (χ0) is 19.1. The first-order valence-electron chi connectivity index (χ1n) is 9.37. The second kappa shape index (κ2) is 9.24. The van der Waals surface area contributed by atoms with Gasteiger partial charge in [-0.1, -0.05) is 24.5 Å². The van der Waals surface area contributed by atoms with Gasteiger partial charge in [-0.2, -0.15) is 5.10 Å². The minimum absolute atomic E-state index is 0.159. The average molecular weight is 366 g/mol. The molecule has 27 heavy (non-hydrogen) atoms. The van der Waals surface area contributed by atoms with Crippen molar-refractivity contribution in [1.82, 2.24) is 20.0 Å². The number of rotatable bonds is 5. The van der Waals surface area contributed by atoms with Crippen LogP contribution in [0.2, 0.25) is 0 Å². The molecule has 0 aliphatic carbocycles. The highest BCUT2D eigenvalue weighted by Crippen LogP contribution is 2.15. The zero-order valence-electron chi connectivity index (χ0n) is 16.0. The van der Waals surface area contributed by atoms with E-state index in [1.54, 1.807) is 24.9 Å². The number of hydrogen-bond acceptors (Lipinski definition) is 4. The van der Waals surface area contributed by atoms with E-state index >= 15 is 0 Å². The summed E-state index contributed by atoms with van der Waals surface area (Å²) >= 11 is 0. The SMILES string of the molecule is COc1ccccc1C#Cc1cc(C(=O)NCCN2CCCCC2)nn1C. The third-order valence-corrected chi connectivity index (χ3v) is 4.71. The third kappa shape index (κ3) is 5.11. The smallest absolute Gasteiger partial charge is 0.271 e. The number of aromatic nitrogens is 2. The maximum atomic E-state index is 12.4. The van der Waals surface area contributed by atoms with Gasteiger partial charge in [0.25, 0.3) is 5.91 Å². The van der Waals surface area contributed by atoms with Crippen molar-refractivity contribution in [2.45, 2.75) is 19.3 Å². The molecule has 1 fully saturated rings. The Balaban J connectivity index is 1.60. The van der Waals surface area contributed by atoms with Gasteiger partial charge in [-0.05, 0) is 44.0 Å². The lowest BCUT2D eigenvalue weighted by molar-refractivity contribution is 0.0941. The van der Waals surface area contributed by atoms with Crippen LogP contribution in [0.1, 0.15) is 41.0 Å². The van der Waals surface area contributed by atoms with Crippen molar-refractivity contribution in [3.05, 3.63) is 47.3 Å². The highest BCUT2D eigenvalue weighted by atomic mass is 16.5. The standard InChI is InChI=1S/C21H26N4O2/c1-24-18(11-10-17-8-4-5-9-20(17)27-2)16-19(23-24)21(26)22-12-15-25-13-6-3-7-14-25/h4-5,8-9,16H,3,6-7,12-15H2,1-2H3,(H,22,26). The monoisotopic (exact) mass is 366 g/mol. The Labute approximate surface area is 160 Å². The molecule has 1 aromatic heterocycles. The molecular formula is C21H26N4O2. The molecule has 0 radical (unpaired) electrons. The first kappa shape index (κ1) is 19.0. The summed E-state index contributed by atoms with van der Waals surface area (Å²) in [5, 5.41) is 7.24. The fourth-order valence-corrected chi connectivity index (χ4v) is 3.18. The fourth-order valence-electron chi connectivity index (χ4n) is 3.18. The van der Waals surface area contributed by atoms with E-state index in [1.807, 2.05) is 24.3 Å². The number of hydrogen-bond donors (Lipinski definition) is 1. The predicted octanol–water partition coefficient (Wildman–Crippen LogP) is 2.04. The van der Waals surface area contributed by atoms with E-state index in [1.165, 1.54) is 19.3 Å². The number of likely N-dealkylation sites (tertiary alicyclic amines) is 1. The number of carbonyl (C=O) groups is 1. The molecule has 1 aliphatic rings. The van der Waals surface area contributed by atoms with E-state index in [0.29, 0.717) is 17.9 Å². The summed E-state index contributed by atoms with van der Waals surface area (Å²) in [6, 6.07) is 9.31. The summed E-state index contributed by atoms with van der Waals surface area (Å²) < 4.78 is 6.94. The second-order valence-corrected chi connectivity index (χ2v) is 6.65. The molecule has 0 saturated carbocycles. The molecular weight excluding hydrogens is 340 g/mol. The van der Waals surface area contributed by atoms with Crippen LogP contribution < -0.4 is 10.1 Å². The van der Waals surface area contributed by atoms with E-state index in [0.717, 1.165) is 30.9 Å². The van der Waals surface area contributed by atoms with Gasteiger partial charge >= 0.3 is 0 Å². The van der Waals surface area contributed by atoms with E-state index in [2.05, 4.69) is 27.2 Å². The predicted molar refractivity (Wildman–Crippen MR) is 105 cm³/mol. The number of nitrogens with one attached hydrogen (secondary N) is 1. The van der Waals surface area contributed by atoms with Gasteiger partial charge in [0.1, 0.15) is 11.4 Å². The molecule has 2 aromatic rings. The maximum absolute atomic E-state index is 12.4. The Morgan fingerprint density at radius 1 is 1.22 bits per heavy atom. The van der Waals surface area contributed by atoms with Crippen LogP contribution in [-0.4, -0.2) is 53.9 Å². The molecule has 1 N–H and O–H groups in total. The molecule has 6 nitrogen and oxygen atoms in total. The lowest BCUT2D eigenvalue weighted by Gasteiger charge is -2.26. The van der Waals surface area contributed by atoms with Crippen LogP contribution in [0.4, 0.5) is 0 Å². The fraction of sp³-hybridized carbons (Fsp3) is 0.429. The molecule has 0 unspecified atom stereocenters. The molecule has 2 heterocycles. The molecule has 0 atom stereocenters. The largest absolute Gasteiger partial charge is 0.495 e. The number of ether oxygens (including phenoxy) is 1. The Morgan fingerprint density at radius 3 is 2.78 bits per heavy atom. The number of piperidine rings is 1. The summed E-state index contributed by atoms with van der Waals surface area (Å²) in [6.07, 6.45) is 3.82. The van der Waals surface area contributed by atoms with Gasteiger partial charge in [0.05, 0.1) is 12.7 Å². The highest BCUT2D eigenvalue weighted by Gasteiger charge is 2.13. The Morgan fingerprint density at radius 2 is 2.00 bits per heavy atom. The van der Waals surface area contributed by atoms with Crippen LogP contribution in [0.25, 0.3) is 0 Å². The van der Waals surface area contributed by atoms with E-state index in [9.17, 15) is 4.79 Å². The number of aryl methyl sites for hydroxylation is 1. The molecule has 1 amide bonds. The lowest BCUT2D eigenvalue weighted by Crippen LogP contribution is -2.37. The number of carbonyl (C=O) groups excluding carboxylic acids is 1. The van der Waals surface area contributed by atoms with Crippen LogP contribution in [0.5, 0.6) is 5.75 Å². The van der Waals surface area contributed by atoms with Crippen LogP contribution >= 0.6 is 0 Å². The molecule has 0 bridgehead atoms. The zero-order valence-corrected chi connectivity index (χ0v) is 16.0. The van der Waals surface area contributed by atoms with Crippen LogP contribution in [0, 0.1) is 11.8 Å². The van der Waals surface area contributed by atoms with Crippen molar-refractivity contribution >= 4 is 5.91 Å². The van der Waals surface area contributed by atoms with E-state index in [-0.39, 0.29) is 5.91 Å². The van der Waals surface area contributed by atoms with Crippen molar-refractivity contribution < 1.29 is 9.53 Å². The normalized spacial score (nSPS) is 14.3. The quantitative estimate of drug-likeness (QED) is 0.823. The topological polar surface area (TPSA) is 59.4 Å². The molecule has 0 spiro atoms.